The first-order chi connectivity index (χ1) is 15.0. The van der Waals surface area contributed by atoms with E-state index in [1.807, 2.05) is 0 Å². The van der Waals surface area contributed by atoms with Crippen molar-refractivity contribution >= 4 is 38.5 Å². The van der Waals surface area contributed by atoms with Crippen LogP contribution in [0, 0.1) is 0 Å². The number of benzene rings is 4. The second-order valence-corrected chi connectivity index (χ2v) is 9.32. The predicted octanol–water partition coefficient (Wildman–Crippen LogP) is 7.42. The lowest BCUT2D eigenvalue weighted by Crippen LogP contribution is -2.18. The Hall–Kier alpha value is -3.52. The largest absolute Gasteiger partial charge is 0.402 e. The minimum Gasteiger partial charge on any atom is -0.402 e. The molecule has 0 saturated carbocycles. The van der Waals surface area contributed by atoms with Crippen LogP contribution in [0.5, 0.6) is 0 Å². The molecule has 0 aromatic heterocycles. The number of anilines is 2. The summed E-state index contributed by atoms with van der Waals surface area (Å²) in [7, 11) is 0. The minimum atomic E-state index is -0.0252. The molecule has 0 saturated heterocycles. The highest BCUT2D eigenvalue weighted by Gasteiger charge is 2.38. The normalized spacial score (nSPS) is 16.9. The van der Waals surface area contributed by atoms with Crippen molar-refractivity contribution in [2.45, 2.75) is 32.1 Å². The molecule has 0 spiro atoms. The maximum Gasteiger partial charge on any atom is 0.0543 e. The lowest BCUT2D eigenvalue weighted by molar-refractivity contribution is 0.650. The van der Waals surface area contributed by atoms with E-state index in [4.69, 9.17) is 5.73 Å². The summed E-state index contributed by atoms with van der Waals surface area (Å²) in [4.78, 5) is 0. The Morgan fingerprint density at radius 2 is 1.58 bits per heavy atom. The molecule has 0 heterocycles. The van der Waals surface area contributed by atoms with Crippen molar-refractivity contribution < 1.29 is 0 Å². The molecule has 152 valence electrons. The summed E-state index contributed by atoms with van der Waals surface area (Å²) in [6, 6.07) is 26.3. The summed E-state index contributed by atoms with van der Waals surface area (Å²) in [6.45, 7) is 4.67. The molecule has 0 atom stereocenters. The Balaban J connectivity index is 1.66. The van der Waals surface area contributed by atoms with Crippen LogP contribution in [-0.4, -0.2) is 0 Å². The topological polar surface area (TPSA) is 38.0 Å². The number of hydrogen-bond acceptors (Lipinski definition) is 2. The molecule has 3 N–H and O–H groups in total. The molecule has 0 unspecified atom stereocenters. The van der Waals surface area contributed by atoms with Gasteiger partial charge in [0.2, 0.25) is 0 Å². The van der Waals surface area contributed by atoms with Crippen LogP contribution in [-0.2, 0) is 5.41 Å². The van der Waals surface area contributed by atoms with Crippen molar-refractivity contribution in [3.05, 3.63) is 101 Å². The molecule has 0 fully saturated rings. The smallest absolute Gasteiger partial charge is 0.0543 e. The van der Waals surface area contributed by atoms with Crippen molar-refractivity contribution in [3.8, 4) is 0 Å². The number of nitrogens with one attached hydrogen (secondary N) is 1. The number of fused-ring (bicyclic) bond motifs is 4. The van der Waals surface area contributed by atoms with Gasteiger partial charge in [-0.05, 0) is 82.3 Å². The maximum absolute atomic E-state index is 6.24. The summed E-state index contributed by atoms with van der Waals surface area (Å²) in [5, 5.41) is 8.79. The van der Waals surface area contributed by atoms with Crippen molar-refractivity contribution in [2.75, 3.05) is 5.32 Å². The lowest BCUT2D eigenvalue weighted by atomic mass is 9.79. The number of para-hydroxylation sites is 1. The Kier molecular flexibility index (Phi) is 3.82. The van der Waals surface area contributed by atoms with Gasteiger partial charge in [0.1, 0.15) is 0 Å². The number of allylic oxidation sites excluding steroid dienone is 4. The number of nitrogens with two attached hydrogens (primary N) is 1. The molecule has 4 aromatic rings. The van der Waals surface area contributed by atoms with Gasteiger partial charge < -0.3 is 11.1 Å². The van der Waals surface area contributed by atoms with Gasteiger partial charge in [0.25, 0.3) is 0 Å². The zero-order chi connectivity index (χ0) is 21.2. The molecule has 0 radical (unpaired) electrons. The van der Waals surface area contributed by atoms with Crippen LogP contribution >= 0.6 is 0 Å². The van der Waals surface area contributed by atoms with E-state index in [1.54, 1.807) is 0 Å². The predicted molar refractivity (Wildman–Crippen MR) is 133 cm³/mol. The highest BCUT2D eigenvalue weighted by atomic mass is 14.9. The van der Waals surface area contributed by atoms with Crippen molar-refractivity contribution in [1.29, 1.82) is 0 Å². The molecular weight excluding hydrogens is 376 g/mol. The van der Waals surface area contributed by atoms with Crippen LogP contribution in [0.2, 0.25) is 0 Å². The molecule has 31 heavy (non-hydrogen) atoms. The molecule has 0 amide bonds. The van der Waals surface area contributed by atoms with Crippen molar-refractivity contribution in [2.24, 2.45) is 5.73 Å². The van der Waals surface area contributed by atoms with Crippen LogP contribution in [0.3, 0.4) is 0 Å². The fraction of sp³-hybridized carbons (Fsp3) is 0.172. The zero-order valence-corrected chi connectivity index (χ0v) is 18.0. The van der Waals surface area contributed by atoms with Gasteiger partial charge >= 0.3 is 0 Å². The Labute approximate surface area is 183 Å². The average molecular weight is 403 g/mol. The van der Waals surface area contributed by atoms with Gasteiger partial charge in [0, 0.05) is 27.6 Å². The van der Waals surface area contributed by atoms with Gasteiger partial charge in [-0.2, -0.15) is 0 Å². The Bertz CT molecular complexity index is 1420. The second kappa shape index (κ2) is 6.49. The van der Waals surface area contributed by atoms with E-state index >= 15 is 0 Å². The van der Waals surface area contributed by atoms with Gasteiger partial charge in [-0.1, -0.05) is 56.3 Å². The van der Waals surface area contributed by atoms with Crippen LogP contribution in [0.25, 0.3) is 27.1 Å². The molecule has 2 heteroatoms. The monoisotopic (exact) mass is 402 g/mol. The fourth-order valence-electron chi connectivity index (χ4n) is 5.41. The van der Waals surface area contributed by atoms with E-state index in [9.17, 15) is 0 Å². The first kappa shape index (κ1) is 18.3. The Morgan fingerprint density at radius 3 is 2.42 bits per heavy atom. The molecular formula is C29H26N2. The highest BCUT2D eigenvalue weighted by molar-refractivity contribution is 6.13. The van der Waals surface area contributed by atoms with Crippen LogP contribution in [0.1, 0.15) is 37.8 Å². The van der Waals surface area contributed by atoms with E-state index in [1.165, 1.54) is 49.5 Å². The second-order valence-electron chi connectivity index (χ2n) is 9.32. The lowest BCUT2D eigenvalue weighted by Gasteiger charge is -2.25. The van der Waals surface area contributed by atoms with E-state index in [-0.39, 0.29) is 5.41 Å². The minimum absolute atomic E-state index is 0.0252. The summed E-state index contributed by atoms with van der Waals surface area (Å²) in [6.07, 6.45) is 4.19. The van der Waals surface area contributed by atoms with E-state index in [0.29, 0.717) is 0 Å². The molecule has 0 aliphatic heterocycles. The van der Waals surface area contributed by atoms with Crippen LogP contribution in [0.4, 0.5) is 11.4 Å². The molecule has 2 aliphatic rings. The first-order valence-corrected chi connectivity index (χ1v) is 11.0. The SMILES string of the molecule is CC1(C)C2=C(CCC(N)=C2)c2cc3c(Nc4ccccc4)c4ccccc4cc3cc21. The molecule has 2 aliphatic carbocycles. The first-order valence-electron chi connectivity index (χ1n) is 11.0. The van der Waals surface area contributed by atoms with Gasteiger partial charge in [0.05, 0.1) is 5.69 Å². The maximum atomic E-state index is 6.24. The number of rotatable bonds is 2. The third-order valence-corrected chi connectivity index (χ3v) is 7.03. The Morgan fingerprint density at radius 1 is 0.806 bits per heavy atom. The highest BCUT2D eigenvalue weighted by Crippen LogP contribution is 2.52. The molecule has 2 nitrogen and oxygen atoms in total. The summed E-state index contributed by atoms with van der Waals surface area (Å²) in [5.41, 5.74) is 15.2. The van der Waals surface area contributed by atoms with E-state index in [2.05, 4.69) is 98.0 Å². The quantitative estimate of drug-likeness (QED) is 0.342. The zero-order valence-electron chi connectivity index (χ0n) is 18.0. The average Bonchev–Trinajstić information content (AvgIpc) is 2.99. The number of hydrogen-bond donors (Lipinski definition) is 2. The molecule has 0 bridgehead atoms. The van der Waals surface area contributed by atoms with E-state index in [0.717, 1.165) is 24.2 Å². The third-order valence-electron chi connectivity index (χ3n) is 7.03. The standard InChI is InChI=1S/C29H26N2/c1-29(2)26-15-19-14-18-8-6-7-11-22(18)28(31-21-9-4-3-5-10-21)24(19)17-25(26)23-13-12-20(30)16-27(23)29/h3-11,14-17,31H,12-13,30H2,1-2H3. The van der Waals surface area contributed by atoms with Crippen molar-refractivity contribution in [3.63, 3.8) is 0 Å². The summed E-state index contributed by atoms with van der Waals surface area (Å²) in [5.74, 6) is 0. The fourth-order valence-corrected chi connectivity index (χ4v) is 5.41. The van der Waals surface area contributed by atoms with E-state index < -0.39 is 0 Å². The molecule has 6 rings (SSSR count). The third kappa shape index (κ3) is 2.71. The summed E-state index contributed by atoms with van der Waals surface area (Å²) < 4.78 is 0. The van der Waals surface area contributed by atoms with Crippen molar-refractivity contribution in [1.82, 2.24) is 0 Å². The van der Waals surface area contributed by atoms with Gasteiger partial charge in [-0.3, -0.25) is 0 Å². The van der Waals surface area contributed by atoms with Crippen LogP contribution < -0.4 is 11.1 Å². The van der Waals surface area contributed by atoms with Crippen LogP contribution in [0.15, 0.2) is 90.1 Å². The van der Waals surface area contributed by atoms with Gasteiger partial charge in [-0.15, -0.1) is 0 Å². The summed E-state index contributed by atoms with van der Waals surface area (Å²) >= 11 is 0. The molecule has 4 aromatic carbocycles. The van der Waals surface area contributed by atoms with Gasteiger partial charge in [-0.25, -0.2) is 0 Å². The van der Waals surface area contributed by atoms with Gasteiger partial charge in [0.15, 0.2) is 0 Å².